The first-order chi connectivity index (χ1) is 10.2. The van der Waals surface area contributed by atoms with E-state index in [1.54, 1.807) is 37.3 Å². The first-order valence-corrected chi connectivity index (χ1v) is 6.90. The Morgan fingerprint density at radius 2 is 2.00 bits per heavy atom. The Labute approximate surface area is 126 Å². The number of ether oxygens (including phenoxy) is 1. The number of fused-ring (bicyclic) bond motifs is 1. The smallest absolute Gasteiger partial charge is 0.310 e. The number of esters is 1. The molecule has 0 fully saturated rings. The van der Waals surface area contributed by atoms with Gasteiger partial charge < -0.3 is 9.15 Å². The Morgan fingerprint density at radius 3 is 2.71 bits per heavy atom. The monoisotopic (exact) mass is 301 g/mol. The van der Waals surface area contributed by atoms with E-state index < -0.39 is 0 Å². The molecule has 2 aromatic carbocycles. The summed E-state index contributed by atoms with van der Waals surface area (Å²) in [7, 11) is 0. The molecule has 0 amide bonds. The minimum absolute atomic E-state index is 0.285. The lowest BCUT2D eigenvalue weighted by Gasteiger charge is -2.00. The van der Waals surface area contributed by atoms with Crippen LogP contribution >= 0.6 is 11.6 Å². The van der Waals surface area contributed by atoms with Crippen molar-refractivity contribution in [2.75, 3.05) is 0 Å². The SMILES string of the molecule is CCC(=O)Oc1ccc2nc(-c3ccc(Cl)cc3)oc2c1. The van der Waals surface area contributed by atoms with Crippen LogP contribution in [0.15, 0.2) is 46.9 Å². The molecule has 0 aliphatic carbocycles. The first-order valence-electron chi connectivity index (χ1n) is 6.53. The highest BCUT2D eigenvalue weighted by molar-refractivity contribution is 6.30. The third kappa shape index (κ3) is 2.90. The lowest BCUT2D eigenvalue weighted by atomic mass is 10.2. The number of halogens is 1. The van der Waals surface area contributed by atoms with Gasteiger partial charge >= 0.3 is 5.97 Å². The second-order valence-corrected chi connectivity index (χ2v) is 4.92. The molecule has 0 radical (unpaired) electrons. The fourth-order valence-electron chi connectivity index (χ4n) is 1.89. The zero-order valence-electron chi connectivity index (χ0n) is 11.3. The van der Waals surface area contributed by atoms with Crippen LogP contribution in [0.25, 0.3) is 22.6 Å². The number of benzene rings is 2. The molecule has 0 bridgehead atoms. The standard InChI is InChI=1S/C16H12ClNO3/c1-2-15(19)20-12-7-8-13-14(9-12)21-16(18-13)10-3-5-11(17)6-4-10/h3-9H,2H2,1H3. The third-order valence-electron chi connectivity index (χ3n) is 2.97. The van der Waals surface area contributed by atoms with Crippen molar-refractivity contribution in [3.05, 3.63) is 47.5 Å². The summed E-state index contributed by atoms with van der Waals surface area (Å²) < 4.78 is 10.9. The fraction of sp³-hybridized carbons (Fsp3) is 0.125. The summed E-state index contributed by atoms with van der Waals surface area (Å²) in [6.07, 6.45) is 0.324. The van der Waals surface area contributed by atoms with E-state index in [0.717, 1.165) is 5.56 Å². The van der Waals surface area contributed by atoms with E-state index in [9.17, 15) is 4.79 Å². The molecular formula is C16H12ClNO3. The van der Waals surface area contributed by atoms with E-state index in [0.29, 0.717) is 34.2 Å². The van der Waals surface area contributed by atoms with E-state index >= 15 is 0 Å². The molecule has 0 atom stereocenters. The van der Waals surface area contributed by atoms with Crippen molar-refractivity contribution < 1.29 is 13.9 Å². The van der Waals surface area contributed by atoms with Crippen LogP contribution in [0.1, 0.15) is 13.3 Å². The maximum atomic E-state index is 11.3. The topological polar surface area (TPSA) is 52.3 Å². The van der Waals surface area contributed by atoms with Crippen LogP contribution in [-0.4, -0.2) is 11.0 Å². The molecule has 3 rings (SSSR count). The van der Waals surface area contributed by atoms with Gasteiger partial charge in [-0.1, -0.05) is 18.5 Å². The van der Waals surface area contributed by atoms with Crippen molar-refractivity contribution in [2.45, 2.75) is 13.3 Å². The molecule has 5 heteroatoms. The minimum atomic E-state index is -0.285. The van der Waals surface area contributed by atoms with Crippen LogP contribution in [-0.2, 0) is 4.79 Å². The normalized spacial score (nSPS) is 10.8. The highest BCUT2D eigenvalue weighted by atomic mass is 35.5. The van der Waals surface area contributed by atoms with E-state index in [1.807, 2.05) is 12.1 Å². The van der Waals surface area contributed by atoms with Gasteiger partial charge in [0.05, 0.1) is 0 Å². The number of hydrogen-bond donors (Lipinski definition) is 0. The second-order valence-electron chi connectivity index (χ2n) is 4.48. The van der Waals surface area contributed by atoms with Gasteiger partial charge in [0.15, 0.2) is 5.58 Å². The molecule has 0 saturated carbocycles. The molecular weight excluding hydrogens is 290 g/mol. The Kier molecular flexibility index (Phi) is 3.62. The van der Waals surface area contributed by atoms with E-state index in [4.69, 9.17) is 20.8 Å². The summed E-state index contributed by atoms with van der Waals surface area (Å²) in [5.74, 6) is 0.667. The summed E-state index contributed by atoms with van der Waals surface area (Å²) in [6.45, 7) is 1.74. The molecule has 0 aliphatic rings. The molecule has 0 aliphatic heterocycles. The van der Waals surface area contributed by atoms with Crippen LogP contribution in [0.5, 0.6) is 5.75 Å². The second kappa shape index (κ2) is 5.58. The molecule has 106 valence electrons. The average molecular weight is 302 g/mol. The summed E-state index contributed by atoms with van der Waals surface area (Å²) in [5, 5.41) is 0.656. The van der Waals surface area contributed by atoms with Crippen molar-refractivity contribution >= 4 is 28.7 Å². The fourth-order valence-corrected chi connectivity index (χ4v) is 2.01. The summed E-state index contributed by atoms with van der Waals surface area (Å²) in [5.41, 5.74) is 2.11. The molecule has 21 heavy (non-hydrogen) atoms. The summed E-state index contributed by atoms with van der Waals surface area (Å²) in [4.78, 5) is 15.7. The third-order valence-corrected chi connectivity index (χ3v) is 3.22. The number of nitrogens with zero attached hydrogens (tertiary/aromatic N) is 1. The van der Waals surface area contributed by atoms with Gasteiger partial charge in [0, 0.05) is 23.1 Å². The number of aromatic nitrogens is 1. The van der Waals surface area contributed by atoms with Gasteiger partial charge in [0.2, 0.25) is 5.89 Å². The van der Waals surface area contributed by atoms with E-state index in [1.165, 1.54) is 0 Å². The lowest BCUT2D eigenvalue weighted by molar-refractivity contribution is -0.134. The van der Waals surface area contributed by atoms with E-state index in [-0.39, 0.29) is 5.97 Å². The Balaban J connectivity index is 1.96. The molecule has 1 aromatic heterocycles. The molecule has 4 nitrogen and oxygen atoms in total. The first kappa shape index (κ1) is 13.6. The molecule has 0 unspecified atom stereocenters. The maximum Gasteiger partial charge on any atom is 0.310 e. The van der Waals surface area contributed by atoms with Gasteiger partial charge in [-0.3, -0.25) is 4.79 Å². The lowest BCUT2D eigenvalue weighted by Crippen LogP contribution is -2.05. The zero-order valence-corrected chi connectivity index (χ0v) is 12.1. The molecule has 1 heterocycles. The summed E-state index contributed by atoms with van der Waals surface area (Å²) >= 11 is 5.86. The van der Waals surface area contributed by atoms with Gasteiger partial charge in [0.25, 0.3) is 0 Å². The van der Waals surface area contributed by atoms with Crippen LogP contribution < -0.4 is 4.74 Å². The Hall–Kier alpha value is -2.33. The van der Waals surface area contributed by atoms with Crippen molar-refractivity contribution in [1.29, 1.82) is 0 Å². The molecule has 3 aromatic rings. The molecule has 0 N–H and O–H groups in total. The Morgan fingerprint density at radius 1 is 1.24 bits per heavy atom. The number of hydrogen-bond acceptors (Lipinski definition) is 4. The maximum absolute atomic E-state index is 11.3. The van der Waals surface area contributed by atoms with Gasteiger partial charge in [0.1, 0.15) is 11.3 Å². The predicted molar refractivity (Wildman–Crippen MR) is 80.4 cm³/mol. The van der Waals surface area contributed by atoms with Gasteiger partial charge in [-0.25, -0.2) is 4.98 Å². The van der Waals surface area contributed by atoms with Crippen molar-refractivity contribution in [2.24, 2.45) is 0 Å². The van der Waals surface area contributed by atoms with Gasteiger partial charge in [-0.05, 0) is 36.4 Å². The van der Waals surface area contributed by atoms with Crippen molar-refractivity contribution in [3.63, 3.8) is 0 Å². The van der Waals surface area contributed by atoms with Crippen molar-refractivity contribution in [1.82, 2.24) is 4.98 Å². The predicted octanol–water partition coefficient (Wildman–Crippen LogP) is 4.46. The van der Waals surface area contributed by atoms with Crippen LogP contribution in [0, 0.1) is 0 Å². The number of carbonyl (C=O) groups is 1. The van der Waals surface area contributed by atoms with Crippen LogP contribution in [0.3, 0.4) is 0 Å². The highest BCUT2D eigenvalue weighted by Crippen LogP contribution is 2.27. The quantitative estimate of drug-likeness (QED) is 0.529. The number of carbonyl (C=O) groups excluding carboxylic acids is 1. The van der Waals surface area contributed by atoms with E-state index in [2.05, 4.69) is 4.98 Å². The largest absolute Gasteiger partial charge is 0.436 e. The highest BCUT2D eigenvalue weighted by Gasteiger charge is 2.10. The van der Waals surface area contributed by atoms with Crippen LogP contribution in [0.2, 0.25) is 5.02 Å². The number of rotatable bonds is 3. The van der Waals surface area contributed by atoms with Gasteiger partial charge in [-0.2, -0.15) is 0 Å². The molecule has 0 spiro atoms. The van der Waals surface area contributed by atoms with Crippen molar-refractivity contribution in [3.8, 4) is 17.2 Å². The Bertz CT molecular complexity index is 793. The zero-order chi connectivity index (χ0) is 14.8. The average Bonchev–Trinajstić information content (AvgIpc) is 2.91. The minimum Gasteiger partial charge on any atom is -0.436 e. The van der Waals surface area contributed by atoms with Gasteiger partial charge in [-0.15, -0.1) is 0 Å². The van der Waals surface area contributed by atoms with Crippen LogP contribution in [0.4, 0.5) is 0 Å². The summed E-state index contributed by atoms with van der Waals surface area (Å²) in [6, 6.07) is 12.4. The molecule has 0 saturated heterocycles. The number of oxazole rings is 1.